The van der Waals surface area contributed by atoms with Crippen molar-refractivity contribution < 1.29 is 19.1 Å². The van der Waals surface area contributed by atoms with Crippen LogP contribution < -0.4 is 16.0 Å². The van der Waals surface area contributed by atoms with Crippen molar-refractivity contribution in [2.45, 2.75) is 19.9 Å². The third kappa shape index (κ3) is 4.97. The first kappa shape index (κ1) is 15.5. The largest absolute Gasteiger partial charge is 0.467 e. The maximum absolute atomic E-state index is 11.7. The summed E-state index contributed by atoms with van der Waals surface area (Å²) in [6, 6.07) is 5.35. The van der Waals surface area contributed by atoms with Crippen LogP contribution in [0, 0.1) is 0 Å². The molecule has 108 valence electrons. The summed E-state index contributed by atoms with van der Waals surface area (Å²) in [6.07, 6.45) is 0. The van der Waals surface area contributed by atoms with Crippen molar-refractivity contribution >= 4 is 29.3 Å². The molecule has 0 spiro atoms. The Balaban J connectivity index is 2.62. The first-order valence-corrected chi connectivity index (χ1v) is 5.95. The van der Waals surface area contributed by atoms with Crippen LogP contribution in [-0.2, 0) is 14.3 Å². The second-order valence-corrected chi connectivity index (χ2v) is 4.11. The Morgan fingerprint density at radius 1 is 1.15 bits per heavy atom. The lowest BCUT2D eigenvalue weighted by molar-refractivity contribution is -0.142. The monoisotopic (exact) mass is 279 g/mol. The van der Waals surface area contributed by atoms with E-state index in [1.165, 1.54) is 21.0 Å². The summed E-state index contributed by atoms with van der Waals surface area (Å²) in [5, 5.41) is 7.59. The molecule has 0 heterocycles. The molecule has 1 unspecified atom stereocenters. The van der Waals surface area contributed by atoms with Gasteiger partial charge in [0.15, 0.2) is 0 Å². The van der Waals surface area contributed by atoms with Gasteiger partial charge < -0.3 is 20.7 Å². The third-order valence-corrected chi connectivity index (χ3v) is 2.34. The van der Waals surface area contributed by atoms with Crippen LogP contribution in [0.2, 0.25) is 0 Å². The number of hydrogen-bond acceptors (Lipinski definition) is 4. The van der Waals surface area contributed by atoms with Crippen molar-refractivity contribution in [2.24, 2.45) is 0 Å². The molecule has 0 fully saturated rings. The maximum atomic E-state index is 11.7. The number of ether oxygens (including phenoxy) is 1. The highest BCUT2D eigenvalue weighted by Crippen LogP contribution is 2.14. The fourth-order valence-corrected chi connectivity index (χ4v) is 1.48. The van der Waals surface area contributed by atoms with Crippen LogP contribution in [0.1, 0.15) is 13.8 Å². The zero-order chi connectivity index (χ0) is 15.1. The quantitative estimate of drug-likeness (QED) is 0.724. The lowest BCUT2D eigenvalue weighted by Gasteiger charge is -2.13. The predicted octanol–water partition coefficient (Wildman–Crippen LogP) is 1.33. The smallest absolute Gasteiger partial charge is 0.328 e. The number of nitrogens with one attached hydrogen (secondary N) is 3. The molecule has 3 amide bonds. The highest BCUT2D eigenvalue weighted by Gasteiger charge is 2.15. The number of esters is 1. The van der Waals surface area contributed by atoms with Gasteiger partial charge >= 0.3 is 12.0 Å². The molecular weight excluding hydrogens is 262 g/mol. The van der Waals surface area contributed by atoms with E-state index in [1.54, 1.807) is 24.3 Å². The fourth-order valence-electron chi connectivity index (χ4n) is 1.48. The van der Waals surface area contributed by atoms with Crippen molar-refractivity contribution in [3.63, 3.8) is 0 Å². The molecule has 0 aliphatic rings. The van der Waals surface area contributed by atoms with Crippen molar-refractivity contribution in [3.8, 4) is 0 Å². The van der Waals surface area contributed by atoms with Gasteiger partial charge in [-0.1, -0.05) is 6.07 Å². The van der Waals surface area contributed by atoms with Crippen LogP contribution in [0.5, 0.6) is 0 Å². The molecule has 7 heteroatoms. The summed E-state index contributed by atoms with van der Waals surface area (Å²) in [6.45, 7) is 2.91. The summed E-state index contributed by atoms with van der Waals surface area (Å²) in [4.78, 5) is 33.8. The minimum Gasteiger partial charge on any atom is -0.467 e. The minimum atomic E-state index is -0.751. The van der Waals surface area contributed by atoms with E-state index in [-0.39, 0.29) is 5.91 Å². The van der Waals surface area contributed by atoms with Crippen LogP contribution in [-0.4, -0.2) is 31.1 Å². The number of rotatable bonds is 4. The van der Waals surface area contributed by atoms with E-state index in [9.17, 15) is 14.4 Å². The lowest BCUT2D eigenvalue weighted by Crippen LogP contribution is -2.41. The molecule has 1 aromatic carbocycles. The highest BCUT2D eigenvalue weighted by atomic mass is 16.5. The SMILES string of the molecule is COC(=O)C(C)NC(=O)Nc1cccc(NC(C)=O)c1. The molecule has 20 heavy (non-hydrogen) atoms. The van der Waals surface area contributed by atoms with E-state index in [0.717, 1.165) is 0 Å². The summed E-state index contributed by atoms with van der Waals surface area (Å²) in [5.41, 5.74) is 1.06. The molecule has 0 radical (unpaired) electrons. The molecule has 0 aromatic heterocycles. The molecule has 1 atom stereocenters. The molecule has 0 aliphatic carbocycles. The van der Waals surface area contributed by atoms with Gasteiger partial charge in [0, 0.05) is 18.3 Å². The fraction of sp³-hybridized carbons (Fsp3) is 0.308. The summed E-state index contributed by atoms with van der Waals surface area (Å²) >= 11 is 0. The topological polar surface area (TPSA) is 96.5 Å². The maximum Gasteiger partial charge on any atom is 0.328 e. The van der Waals surface area contributed by atoms with Gasteiger partial charge in [0.05, 0.1) is 7.11 Å². The number of amides is 3. The van der Waals surface area contributed by atoms with E-state index >= 15 is 0 Å². The molecule has 1 rings (SSSR count). The average molecular weight is 279 g/mol. The number of anilines is 2. The van der Waals surface area contributed by atoms with Crippen molar-refractivity contribution in [1.82, 2.24) is 5.32 Å². The third-order valence-electron chi connectivity index (χ3n) is 2.34. The van der Waals surface area contributed by atoms with E-state index in [0.29, 0.717) is 11.4 Å². The normalized spacial score (nSPS) is 11.2. The second kappa shape index (κ2) is 7.13. The zero-order valence-electron chi connectivity index (χ0n) is 11.5. The number of hydrogen-bond donors (Lipinski definition) is 3. The van der Waals surface area contributed by atoms with Gasteiger partial charge in [0.1, 0.15) is 6.04 Å². The second-order valence-electron chi connectivity index (χ2n) is 4.11. The van der Waals surface area contributed by atoms with Crippen LogP contribution in [0.15, 0.2) is 24.3 Å². The summed E-state index contributed by atoms with van der Waals surface area (Å²) in [5.74, 6) is -0.738. The van der Waals surface area contributed by atoms with Gasteiger partial charge in [0.2, 0.25) is 5.91 Å². The first-order valence-electron chi connectivity index (χ1n) is 5.95. The van der Waals surface area contributed by atoms with Gasteiger partial charge in [0.25, 0.3) is 0 Å². The Labute approximate surface area is 116 Å². The Hall–Kier alpha value is -2.57. The number of carbonyl (C=O) groups excluding carboxylic acids is 3. The first-order chi connectivity index (χ1) is 9.42. The Bertz CT molecular complexity index is 516. The van der Waals surface area contributed by atoms with Crippen LogP contribution >= 0.6 is 0 Å². The minimum absolute atomic E-state index is 0.203. The Morgan fingerprint density at radius 3 is 2.30 bits per heavy atom. The van der Waals surface area contributed by atoms with Gasteiger partial charge in [-0.05, 0) is 25.1 Å². The van der Waals surface area contributed by atoms with Gasteiger partial charge in [-0.3, -0.25) is 4.79 Å². The van der Waals surface area contributed by atoms with E-state index in [2.05, 4.69) is 20.7 Å². The molecule has 1 aromatic rings. The van der Waals surface area contributed by atoms with Crippen molar-refractivity contribution in [2.75, 3.05) is 17.7 Å². The lowest BCUT2D eigenvalue weighted by atomic mass is 10.2. The molecular formula is C13H17N3O4. The Morgan fingerprint density at radius 2 is 1.75 bits per heavy atom. The van der Waals surface area contributed by atoms with Crippen LogP contribution in [0.4, 0.5) is 16.2 Å². The zero-order valence-corrected chi connectivity index (χ0v) is 11.5. The highest BCUT2D eigenvalue weighted by molar-refractivity contribution is 5.94. The van der Waals surface area contributed by atoms with Crippen LogP contribution in [0.25, 0.3) is 0 Å². The number of benzene rings is 1. The number of methoxy groups -OCH3 is 1. The number of carbonyl (C=O) groups is 3. The van der Waals surface area contributed by atoms with E-state index < -0.39 is 18.0 Å². The van der Waals surface area contributed by atoms with Gasteiger partial charge in [-0.2, -0.15) is 0 Å². The van der Waals surface area contributed by atoms with Crippen molar-refractivity contribution in [3.05, 3.63) is 24.3 Å². The van der Waals surface area contributed by atoms with Crippen LogP contribution in [0.3, 0.4) is 0 Å². The standard InChI is InChI=1S/C13H17N3O4/c1-8(12(18)20-3)14-13(19)16-11-6-4-5-10(7-11)15-9(2)17/h4-8H,1-3H3,(H,15,17)(H2,14,16,19). The molecule has 0 bridgehead atoms. The molecule has 0 aliphatic heterocycles. The Kier molecular flexibility index (Phi) is 5.52. The van der Waals surface area contributed by atoms with E-state index in [1.807, 2.05) is 0 Å². The molecule has 3 N–H and O–H groups in total. The van der Waals surface area contributed by atoms with E-state index in [4.69, 9.17) is 0 Å². The molecule has 0 saturated carbocycles. The average Bonchev–Trinajstić information content (AvgIpc) is 2.37. The summed E-state index contributed by atoms with van der Waals surface area (Å²) in [7, 11) is 1.25. The van der Waals surface area contributed by atoms with Gasteiger partial charge in [-0.15, -0.1) is 0 Å². The predicted molar refractivity (Wildman–Crippen MR) is 74.4 cm³/mol. The summed E-state index contributed by atoms with van der Waals surface area (Å²) < 4.78 is 4.50. The van der Waals surface area contributed by atoms with Crippen molar-refractivity contribution in [1.29, 1.82) is 0 Å². The molecule has 0 saturated heterocycles. The van der Waals surface area contributed by atoms with Gasteiger partial charge in [-0.25, -0.2) is 9.59 Å². The number of urea groups is 1. The molecule has 7 nitrogen and oxygen atoms in total.